The molecule has 10 rings (SSSR count). The minimum Gasteiger partial charge on any atom is -0.379 e. The third-order valence-electron chi connectivity index (χ3n) is 13.1. The second-order valence-corrected chi connectivity index (χ2v) is 16.9. The molecule has 3 aliphatic heterocycles. The zero-order valence-corrected chi connectivity index (χ0v) is 33.8. The number of likely N-dealkylation sites (tertiary alicyclic amines) is 1. The van der Waals surface area contributed by atoms with Crippen molar-refractivity contribution >= 4 is 34.0 Å². The van der Waals surface area contributed by atoms with E-state index in [9.17, 15) is 23.8 Å². The predicted octanol–water partition coefficient (Wildman–Crippen LogP) is 4.80. The topological polar surface area (TPSA) is 181 Å². The first-order chi connectivity index (χ1) is 29.8. The number of aliphatic hydroxyl groups is 2. The van der Waals surface area contributed by atoms with Crippen molar-refractivity contribution in [2.24, 2.45) is 5.92 Å². The number of carbonyl (C=O) groups excluding carboxylic acids is 1. The van der Waals surface area contributed by atoms with Gasteiger partial charge >= 0.3 is 0 Å². The summed E-state index contributed by atoms with van der Waals surface area (Å²) in [5.41, 5.74) is 3.10. The molecule has 0 bridgehead atoms. The van der Waals surface area contributed by atoms with Crippen LogP contribution in [0.25, 0.3) is 27.7 Å². The van der Waals surface area contributed by atoms with Crippen molar-refractivity contribution in [2.45, 2.75) is 88.4 Å². The van der Waals surface area contributed by atoms with Crippen LogP contribution in [0.1, 0.15) is 92.0 Å². The van der Waals surface area contributed by atoms with E-state index in [1.807, 2.05) is 35.3 Å². The first-order valence-corrected chi connectivity index (χ1v) is 21.5. The van der Waals surface area contributed by atoms with Gasteiger partial charge in [0.1, 0.15) is 23.8 Å². The molecule has 19 heteroatoms. The molecule has 4 fully saturated rings. The second-order valence-electron chi connectivity index (χ2n) is 16.9. The smallest absolute Gasteiger partial charge is 0.284 e. The summed E-state index contributed by atoms with van der Waals surface area (Å²) in [5, 5.41) is 45.0. The van der Waals surface area contributed by atoms with Gasteiger partial charge in [0.25, 0.3) is 12.3 Å². The van der Waals surface area contributed by atoms with E-state index in [1.54, 1.807) is 17.1 Å². The van der Waals surface area contributed by atoms with E-state index in [1.165, 1.54) is 10.7 Å². The Morgan fingerprint density at radius 1 is 0.885 bits per heavy atom. The van der Waals surface area contributed by atoms with Crippen LogP contribution < -0.4 is 15.5 Å². The number of hydrogen-bond donors (Lipinski definition) is 4. The van der Waals surface area contributed by atoms with Crippen molar-refractivity contribution in [1.29, 1.82) is 0 Å². The number of nitrogens with zero attached hydrogens (tertiary/aromatic N) is 11. The molecule has 0 radical (unpaired) electrons. The SMILES string of the molecule is O=C(Nc1cn(C2CCC(CN3CCC(n4cc(-c5cccc6c5cnn6[C@@H]5CC[C@@H](O)N[C@@H]5O)cn4)CC3)CC2)nc1C(F)F)c1cnn2ccc(N3CCOCC3)nc12. The minimum absolute atomic E-state index is 0.00142. The van der Waals surface area contributed by atoms with Gasteiger partial charge in [0.15, 0.2) is 11.3 Å². The number of anilines is 2. The highest BCUT2D eigenvalue weighted by Gasteiger charge is 2.32. The molecule has 1 saturated carbocycles. The van der Waals surface area contributed by atoms with Gasteiger partial charge in [0.05, 0.1) is 61.1 Å². The number of rotatable bonds is 10. The number of aliphatic hydroxyl groups excluding tert-OH is 2. The van der Waals surface area contributed by atoms with Crippen LogP contribution in [0.2, 0.25) is 0 Å². The Bertz CT molecular complexity index is 2480. The lowest BCUT2D eigenvalue weighted by Gasteiger charge is -2.36. The number of alkyl halides is 2. The highest BCUT2D eigenvalue weighted by Crippen LogP contribution is 2.37. The number of hydrogen-bond acceptors (Lipinski definition) is 12. The Morgan fingerprint density at radius 3 is 2.48 bits per heavy atom. The normalized spacial score (nSPS) is 24.6. The van der Waals surface area contributed by atoms with E-state index >= 15 is 0 Å². The minimum atomic E-state index is -2.85. The molecule has 3 saturated heterocycles. The fourth-order valence-electron chi connectivity index (χ4n) is 9.75. The number of carbonyl (C=O) groups is 1. The number of aromatic nitrogens is 9. The summed E-state index contributed by atoms with van der Waals surface area (Å²) in [7, 11) is 0. The molecule has 0 unspecified atom stereocenters. The lowest BCUT2D eigenvalue weighted by Crippen LogP contribution is -2.48. The van der Waals surface area contributed by atoms with Gasteiger partial charge in [0.2, 0.25) is 0 Å². The highest BCUT2D eigenvalue weighted by atomic mass is 19.3. The molecule has 3 atom stereocenters. The summed E-state index contributed by atoms with van der Waals surface area (Å²) in [6.07, 6.45) is 12.9. The van der Waals surface area contributed by atoms with Gasteiger partial charge in [-0.05, 0) is 75.0 Å². The van der Waals surface area contributed by atoms with Crippen molar-refractivity contribution < 1.29 is 28.5 Å². The van der Waals surface area contributed by atoms with Gasteiger partial charge in [0, 0.05) is 62.3 Å². The van der Waals surface area contributed by atoms with Gasteiger partial charge in [-0.3, -0.25) is 24.2 Å². The van der Waals surface area contributed by atoms with Gasteiger partial charge in [-0.25, -0.2) is 18.3 Å². The van der Waals surface area contributed by atoms with Crippen molar-refractivity contribution in [3.8, 4) is 11.1 Å². The average molecular weight is 840 g/mol. The lowest BCUT2D eigenvalue weighted by atomic mass is 9.85. The highest BCUT2D eigenvalue weighted by molar-refractivity contribution is 6.08. The molecular weight excluding hydrogens is 789 g/mol. The van der Waals surface area contributed by atoms with Crippen LogP contribution in [-0.2, 0) is 4.74 Å². The molecule has 17 nitrogen and oxygen atoms in total. The summed E-state index contributed by atoms with van der Waals surface area (Å²) in [5.74, 6) is 0.643. The summed E-state index contributed by atoms with van der Waals surface area (Å²) in [4.78, 5) is 22.8. The van der Waals surface area contributed by atoms with E-state index in [2.05, 4.69) is 57.7 Å². The largest absolute Gasteiger partial charge is 0.379 e. The molecule has 322 valence electrons. The first kappa shape index (κ1) is 39.8. The second kappa shape index (κ2) is 16.8. The molecule has 5 aromatic heterocycles. The van der Waals surface area contributed by atoms with Crippen LogP contribution >= 0.6 is 0 Å². The predicted molar refractivity (Wildman–Crippen MR) is 221 cm³/mol. The van der Waals surface area contributed by atoms with E-state index in [-0.39, 0.29) is 23.3 Å². The van der Waals surface area contributed by atoms with Crippen LogP contribution in [0, 0.1) is 5.92 Å². The molecular formula is C42H51F2N13O4. The first-order valence-electron chi connectivity index (χ1n) is 21.5. The summed E-state index contributed by atoms with van der Waals surface area (Å²) >= 11 is 0. The van der Waals surface area contributed by atoms with Crippen molar-refractivity contribution in [3.63, 3.8) is 0 Å². The average Bonchev–Trinajstić information content (AvgIpc) is 4.11. The zero-order chi connectivity index (χ0) is 41.6. The fraction of sp³-hybridized carbons (Fsp3) is 0.524. The maximum absolute atomic E-state index is 14.3. The van der Waals surface area contributed by atoms with Gasteiger partial charge in [-0.1, -0.05) is 12.1 Å². The maximum Gasteiger partial charge on any atom is 0.284 e. The van der Waals surface area contributed by atoms with Gasteiger partial charge in [-0.15, -0.1) is 0 Å². The zero-order valence-electron chi connectivity index (χ0n) is 33.8. The van der Waals surface area contributed by atoms with Crippen LogP contribution in [0.4, 0.5) is 20.3 Å². The molecule has 6 aromatic rings. The third kappa shape index (κ3) is 8.00. The number of piperidine rings is 2. The molecule has 8 heterocycles. The van der Waals surface area contributed by atoms with Crippen LogP contribution in [0.3, 0.4) is 0 Å². The number of morpholine rings is 1. The summed E-state index contributed by atoms with van der Waals surface area (Å²) in [6, 6.07) is 7.94. The number of halogens is 2. The number of nitrogens with one attached hydrogen (secondary N) is 2. The molecule has 61 heavy (non-hydrogen) atoms. The molecule has 1 amide bonds. The Labute approximate surface area is 350 Å². The fourth-order valence-corrected chi connectivity index (χ4v) is 9.75. The van der Waals surface area contributed by atoms with Crippen LogP contribution in [0.5, 0.6) is 0 Å². The van der Waals surface area contributed by atoms with E-state index in [0.29, 0.717) is 62.6 Å². The monoisotopic (exact) mass is 839 g/mol. The van der Waals surface area contributed by atoms with E-state index in [4.69, 9.17) is 9.84 Å². The molecule has 4 N–H and O–H groups in total. The Morgan fingerprint density at radius 2 is 1.69 bits per heavy atom. The Hall–Kier alpha value is -5.34. The van der Waals surface area contributed by atoms with Gasteiger partial charge in [-0.2, -0.15) is 20.4 Å². The molecule has 4 aliphatic rings. The number of ether oxygens (including phenoxy) is 1. The maximum atomic E-state index is 14.3. The quantitative estimate of drug-likeness (QED) is 0.148. The summed E-state index contributed by atoms with van der Waals surface area (Å²) in [6.45, 7) is 5.50. The number of amides is 1. The van der Waals surface area contributed by atoms with Crippen LogP contribution in [-0.4, -0.2) is 123 Å². The van der Waals surface area contributed by atoms with E-state index in [0.717, 1.165) is 80.2 Å². The van der Waals surface area contributed by atoms with Gasteiger partial charge < -0.3 is 30.1 Å². The lowest BCUT2D eigenvalue weighted by molar-refractivity contribution is -0.0296. The third-order valence-corrected chi connectivity index (χ3v) is 13.1. The van der Waals surface area contributed by atoms with Crippen LogP contribution in [0.15, 0.2) is 61.4 Å². The molecule has 1 aromatic carbocycles. The Balaban J connectivity index is 0.728. The van der Waals surface area contributed by atoms with Crippen molar-refractivity contribution in [3.05, 3.63) is 72.7 Å². The standard InChI is InChI=1S/C42H51F2N13O4/c43-39(44)38-33(48-41(59)32-22-46-54-15-12-36(49-40(32)54)53-16-18-61-19-17-53)25-56(51-38)28-6-4-26(5-7-28)23-52-13-10-29(11-14-52)55-24-27(20-45-55)30-2-1-3-34-31(30)21-47-57(34)35-8-9-37(58)50-42(35)60/h1-3,12,15,20-22,24-26,28-29,35,37,39,42,50,58,60H,4-11,13-14,16-19,23H2,(H,48,59)/t26?,28?,35-,37-,42-/m1/s1. The van der Waals surface area contributed by atoms with E-state index < -0.39 is 30.5 Å². The molecule has 1 aliphatic carbocycles. The van der Waals surface area contributed by atoms with Crippen molar-refractivity contribution in [2.75, 3.05) is 56.2 Å². The van der Waals surface area contributed by atoms with Crippen molar-refractivity contribution in [1.82, 2.24) is 54.2 Å². The Kier molecular flexibility index (Phi) is 11.0. The number of fused-ring (bicyclic) bond motifs is 2. The number of benzene rings is 1. The molecule has 0 spiro atoms. The summed E-state index contributed by atoms with van der Waals surface area (Å²) < 4.78 is 41.1.